The van der Waals surface area contributed by atoms with E-state index in [4.69, 9.17) is 19.4 Å². The van der Waals surface area contributed by atoms with Crippen molar-refractivity contribution in [3.8, 4) is 0 Å². The van der Waals surface area contributed by atoms with Gasteiger partial charge < -0.3 is 14.8 Å². The summed E-state index contributed by atoms with van der Waals surface area (Å²) in [6.45, 7) is 4.29. The summed E-state index contributed by atoms with van der Waals surface area (Å²) in [6.07, 6.45) is 5.28. The number of nitrogens with zero attached hydrogens (tertiary/aromatic N) is 2. The fraction of sp³-hybridized carbons (Fsp3) is 0.733. The smallest absolute Gasteiger partial charge is 0.162 e. The van der Waals surface area contributed by atoms with Gasteiger partial charge in [0.15, 0.2) is 5.82 Å². The molecule has 0 bridgehead atoms. The van der Waals surface area contributed by atoms with Crippen LogP contribution in [-0.4, -0.2) is 30.2 Å². The highest BCUT2D eigenvalue weighted by molar-refractivity contribution is 5.47. The van der Waals surface area contributed by atoms with Crippen LogP contribution in [0.4, 0.5) is 5.82 Å². The lowest BCUT2D eigenvalue weighted by molar-refractivity contribution is -0.0167. The van der Waals surface area contributed by atoms with Crippen molar-refractivity contribution in [3.63, 3.8) is 0 Å². The van der Waals surface area contributed by atoms with Gasteiger partial charge in [0.2, 0.25) is 0 Å². The van der Waals surface area contributed by atoms with Gasteiger partial charge in [0.1, 0.15) is 11.4 Å². The largest absolute Gasteiger partial charge is 0.376 e. The van der Waals surface area contributed by atoms with E-state index in [1.165, 1.54) is 12.8 Å². The molecule has 0 spiro atoms. The lowest BCUT2D eigenvalue weighted by Crippen LogP contribution is -2.30. The topological polar surface area (TPSA) is 56.3 Å². The number of methoxy groups -OCH3 is 1. The summed E-state index contributed by atoms with van der Waals surface area (Å²) in [5, 5.41) is 3.35. The molecule has 0 atom stereocenters. The highest BCUT2D eigenvalue weighted by Gasteiger charge is 2.39. The number of rotatable bonds is 4. The van der Waals surface area contributed by atoms with Gasteiger partial charge in [-0.1, -0.05) is 0 Å². The second-order valence-corrected chi connectivity index (χ2v) is 5.56. The fourth-order valence-corrected chi connectivity index (χ4v) is 3.21. The van der Waals surface area contributed by atoms with Crippen LogP contribution >= 0.6 is 0 Å². The second-order valence-electron chi connectivity index (χ2n) is 5.56. The Labute approximate surface area is 120 Å². The van der Waals surface area contributed by atoms with Crippen molar-refractivity contribution < 1.29 is 9.47 Å². The van der Waals surface area contributed by atoms with E-state index in [-0.39, 0.29) is 5.60 Å². The Morgan fingerprint density at radius 1 is 1.30 bits per heavy atom. The number of aromatic nitrogens is 2. The maximum Gasteiger partial charge on any atom is 0.162 e. The van der Waals surface area contributed by atoms with E-state index in [0.717, 1.165) is 55.3 Å². The molecule has 1 N–H and O–H groups in total. The van der Waals surface area contributed by atoms with E-state index in [0.29, 0.717) is 6.61 Å². The zero-order valence-corrected chi connectivity index (χ0v) is 12.4. The van der Waals surface area contributed by atoms with Crippen LogP contribution in [0.2, 0.25) is 0 Å². The minimum atomic E-state index is -0.280. The Morgan fingerprint density at radius 3 is 2.80 bits per heavy atom. The van der Waals surface area contributed by atoms with Crippen LogP contribution in [0.15, 0.2) is 0 Å². The Hall–Kier alpha value is -1.20. The van der Waals surface area contributed by atoms with Crippen LogP contribution in [-0.2, 0) is 28.1 Å². The predicted molar refractivity (Wildman–Crippen MR) is 76.7 cm³/mol. The van der Waals surface area contributed by atoms with Crippen LogP contribution < -0.4 is 5.32 Å². The van der Waals surface area contributed by atoms with Crippen LogP contribution in [0, 0.1) is 0 Å². The molecule has 2 heterocycles. The maximum absolute atomic E-state index is 5.82. The van der Waals surface area contributed by atoms with Gasteiger partial charge in [0, 0.05) is 25.6 Å². The van der Waals surface area contributed by atoms with Gasteiger partial charge >= 0.3 is 0 Å². The van der Waals surface area contributed by atoms with Gasteiger partial charge in [-0.05, 0) is 32.6 Å². The van der Waals surface area contributed by atoms with Crippen LogP contribution in [0.1, 0.15) is 49.7 Å². The van der Waals surface area contributed by atoms with E-state index in [1.807, 2.05) is 0 Å². The molecule has 0 amide bonds. The quantitative estimate of drug-likeness (QED) is 0.916. The molecule has 5 heteroatoms. The highest BCUT2D eigenvalue weighted by Crippen LogP contribution is 2.41. The third kappa shape index (κ3) is 2.29. The van der Waals surface area contributed by atoms with Crippen molar-refractivity contribution in [3.05, 3.63) is 17.1 Å². The summed E-state index contributed by atoms with van der Waals surface area (Å²) in [5.41, 5.74) is 1.96. The van der Waals surface area contributed by atoms with Crippen molar-refractivity contribution in [2.24, 2.45) is 0 Å². The van der Waals surface area contributed by atoms with E-state index < -0.39 is 0 Å². The predicted octanol–water partition coefficient (Wildman–Crippen LogP) is 2.40. The van der Waals surface area contributed by atoms with Gasteiger partial charge in [-0.25, -0.2) is 9.97 Å². The van der Waals surface area contributed by atoms with Gasteiger partial charge in [0.05, 0.1) is 18.9 Å². The van der Waals surface area contributed by atoms with E-state index >= 15 is 0 Å². The van der Waals surface area contributed by atoms with Crippen molar-refractivity contribution in [2.75, 3.05) is 25.6 Å². The molecule has 0 saturated heterocycles. The fourth-order valence-electron chi connectivity index (χ4n) is 3.21. The van der Waals surface area contributed by atoms with Crippen LogP contribution in [0.5, 0.6) is 0 Å². The molecule has 0 aromatic carbocycles. The Kier molecular flexibility index (Phi) is 3.89. The first-order valence-electron chi connectivity index (χ1n) is 7.56. The zero-order chi connectivity index (χ0) is 14.0. The Bertz CT molecular complexity index is 484. The molecule has 2 aliphatic rings. The molecule has 1 aromatic heterocycles. The standard InChI is InChI=1S/C15H23N3O2/c1-3-16-13-11-10-20-9-6-12(11)17-14(18-13)15(19-2)7-4-5-8-15/h3-10H2,1-2H3,(H,16,17,18). The molecule has 3 rings (SSSR count). The average molecular weight is 277 g/mol. The number of ether oxygens (including phenoxy) is 2. The molecule has 0 radical (unpaired) electrons. The Balaban J connectivity index is 2.05. The first kappa shape index (κ1) is 13.8. The molecule has 1 fully saturated rings. The molecule has 1 aliphatic carbocycles. The van der Waals surface area contributed by atoms with Crippen molar-refractivity contribution in [2.45, 2.75) is 51.2 Å². The average Bonchev–Trinajstić information content (AvgIpc) is 2.97. The normalized spacial score (nSPS) is 20.7. The number of hydrogen-bond acceptors (Lipinski definition) is 5. The van der Waals surface area contributed by atoms with Crippen molar-refractivity contribution in [1.82, 2.24) is 9.97 Å². The third-order valence-corrected chi connectivity index (χ3v) is 4.38. The summed E-state index contributed by atoms with van der Waals surface area (Å²) in [4.78, 5) is 9.60. The van der Waals surface area contributed by atoms with Crippen molar-refractivity contribution in [1.29, 1.82) is 0 Å². The lowest BCUT2D eigenvalue weighted by Gasteiger charge is -2.28. The highest BCUT2D eigenvalue weighted by atomic mass is 16.5. The summed E-state index contributed by atoms with van der Waals surface area (Å²) >= 11 is 0. The number of nitrogens with one attached hydrogen (secondary N) is 1. The van der Waals surface area contributed by atoms with Crippen LogP contribution in [0.3, 0.4) is 0 Å². The van der Waals surface area contributed by atoms with Gasteiger partial charge in [0.25, 0.3) is 0 Å². The molecule has 110 valence electrons. The monoisotopic (exact) mass is 277 g/mol. The molecule has 1 saturated carbocycles. The molecule has 20 heavy (non-hydrogen) atoms. The zero-order valence-electron chi connectivity index (χ0n) is 12.4. The number of anilines is 1. The SMILES string of the molecule is CCNc1nc(C2(OC)CCCC2)nc2c1COCC2. The van der Waals surface area contributed by atoms with Gasteiger partial charge in [-0.2, -0.15) is 0 Å². The van der Waals surface area contributed by atoms with Gasteiger partial charge in [-0.3, -0.25) is 0 Å². The van der Waals surface area contributed by atoms with Gasteiger partial charge in [-0.15, -0.1) is 0 Å². The van der Waals surface area contributed by atoms with E-state index in [1.54, 1.807) is 7.11 Å². The second kappa shape index (κ2) is 5.66. The van der Waals surface area contributed by atoms with E-state index in [2.05, 4.69) is 12.2 Å². The molecule has 5 nitrogen and oxygen atoms in total. The number of fused-ring (bicyclic) bond motifs is 1. The minimum absolute atomic E-state index is 0.280. The first-order valence-corrected chi connectivity index (χ1v) is 7.56. The third-order valence-electron chi connectivity index (χ3n) is 4.38. The molecule has 0 unspecified atom stereocenters. The molecular weight excluding hydrogens is 254 g/mol. The Morgan fingerprint density at radius 2 is 2.10 bits per heavy atom. The van der Waals surface area contributed by atoms with Crippen molar-refractivity contribution >= 4 is 5.82 Å². The molecular formula is C15H23N3O2. The summed E-state index contributed by atoms with van der Waals surface area (Å²) < 4.78 is 11.4. The van der Waals surface area contributed by atoms with Crippen LogP contribution in [0.25, 0.3) is 0 Å². The summed E-state index contributed by atoms with van der Waals surface area (Å²) in [6, 6.07) is 0. The molecule has 1 aliphatic heterocycles. The van der Waals surface area contributed by atoms with E-state index in [9.17, 15) is 0 Å². The molecule has 1 aromatic rings. The first-order chi connectivity index (χ1) is 9.79. The lowest BCUT2D eigenvalue weighted by atomic mass is 10.00. The summed E-state index contributed by atoms with van der Waals surface area (Å²) in [7, 11) is 1.78. The summed E-state index contributed by atoms with van der Waals surface area (Å²) in [5.74, 6) is 1.78. The maximum atomic E-state index is 5.82. The number of hydrogen-bond donors (Lipinski definition) is 1. The minimum Gasteiger partial charge on any atom is -0.376 e.